The lowest BCUT2D eigenvalue weighted by Crippen LogP contribution is -2.16. The molecule has 0 fully saturated rings. The van der Waals surface area contributed by atoms with Gasteiger partial charge in [0.2, 0.25) is 0 Å². The Morgan fingerprint density at radius 3 is 2.67 bits per heavy atom. The van der Waals surface area contributed by atoms with Crippen LogP contribution in [0, 0.1) is 13.8 Å². The van der Waals surface area contributed by atoms with Gasteiger partial charge in [0.15, 0.2) is 11.6 Å². The van der Waals surface area contributed by atoms with Crippen LogP contribution in [-0.2, 0) is 10.0 Å². The molecule has 0 aliphatic rings. The number of alkyl halides is 2. The van der Waals surface area contributed by atoms with E-state index in [0.29, 0.717) is 5.76 Å². The zero-order chi connectivity index (χ0) is 15.6. The van der Waals surface area contributed by atoms with Gasteiger partial charge in [-0.05, 0) is 26.0 Å². The third kappa shape index (κ3) is 3.48. The molecule has 0 unspecified atom stereocenters. The van der Waals surface area contributed by atoms with Gasteiger partial charge in [-0.15, -0.1) is 0 Å². The number of nitrogens with one attached hydrogen (secondary N) is 1. The van der Waals surface area contributed by atoms with E-state index in [9.17, 15) is 17.2 Å². The second-order valence-electron chi connectivity index (χ2n) is 4.11. The normalized spacial score (nSPS) is 11.7. The molecule has 0 aliphatic carbocycles. The monoisotopic (exact) mass is 318 g/mol. The Hall–Kier alpha value is -2.16. The van der Waals surface area contributed by atoms with Crippen LogP contribution in [0.5, 0.6) is 5.75 Å². The highest BCUT2D eigenvalue weighted by atomic mass is 32.2. The fourth-order valence-electron chi connectivity index (χ4n) is 1.71. The van der Waals surface area contributed by atoms with E-state index < -0.39 is 16.6 Å². The molecule has 0 saturated carbocycles. The quantitative estimate of drug-likeness (QED) is 0.916. The fraction of sp³-hybridized carbons (Fsp3) is 0.250. The van der Waals surface area contributed by atoms with E-state index >= 15 is 0 Å². The molecule has 6 nitrogen and oxygen atoms in total. The van der Waals surface area contributed by atoms with Crippen LogP contribution in [0.3, 0.4) is 0 Å². The molecular weight excluding hydrogens is 306 g/mol. The number of hydrogen-bond acceptors (Lipinski definition) is 5. The maximum atomic E-state index is 12.3. The lowest BCUT2D eigenvalue weighted by atomic mass is 10.4. The molecule has 0 aliphatic heterocycles. The van der Waals surface area contributed by atoms with Gasteiger partial charge in [-0.3, -0.25) is 4.72 Å². The van der Waals surface area contributed by atoms with Crippen molar-refractivity contribution in [1.29, 1.82) is 0 Å². The number of nitrogens with zero attached hydrogens (tertiary/aromatic N) is 1. The van der Waals surface area contributed by atoms with Crippen LogP contribution in [0.4, 0.5) is 14.6 Å². The Labute approximate surface area is 119 Å². The molecule has 0 bridgehead atoms. The molecule has 0 spiro atoms. The highest BCUT2D eigenvalue weighted by Crippen LogP contribution is 2.27. The lowest BCUT2D eigenvalue weighted by molar-refractivity contribution is -0.0495. The minimum absolute atomic E-state index is 0.0892. The van der Waals surface area contributed by atoms with Crippen molar-refractivity contribution in [2.45, 2.75) is 25.4 Å². The fourth-order valence-corrected chi connectivity index (χ4v) is 2.97. The molecule has 114 valence electrons. The Kier molecular flexibility index (Phi) is 4.12. The number of rotatable bonds is 5. The minimum Gasteiger partial charge on any atom is -0.465 e. The van der Waals surface area contributed by atoms with Crippen molar-refractivity contribution < 1.29 is 26.4 Å². The summed E-state index contributed by atoms with van der Waals surface area (Å²) in [4.78, 5) is 3.61. The largest absolute Gasteiger partial charge is 0.465 e. The Morgan fingerprint density at radius 1 is 1.38 bits per heavy atom. The van der Waals surface area contributed by atoms with Crippen LogP contribution in [0.25, 0.3) is 0 Å². The molecular formula is C12H12F2N2O4S. The molecule has 0 aromatic carbocycles. The van der Waals surface area contributed by atoms with Crippen molar-refractivity contribution in [3.63, 3.8) is 0 Å². The molecule has 2 aromatic heterocycles. The third-order valence-electron chi connectivity index (χ3n) is 2.50. The summed E-state index contributed by atoms with van der Waals surface area (Å²) in [6, 6.07) is 3.86. The van der Waals surface area contributed by atoms with Crippen molar-refractivity contribution in [1.82, 2.24) is 4.98 Å². The van der Waals surface area contributed by atoms with Gasteiger partial charge in [0.25, 0.3) is 10.0 Å². The average molecular weight is 318 g/mol. The van der Waals surface area contributed by atoms with Crippen molar-refractivity contribution >= 4 is 15.8 Å². The number of aryl methyl sites for hydroxylation is 2. The number of halogens is 2. The molecule has 2 rings (SSSR count). The van der Waals surface area contributed by atoms with Crippen LogP contribution in [0.1, 0.15) is 11.5 Å². The molecule has 2 heterocycles. The summed E-state index contributed by atoms with van der Waals surface area (Å²) >= 11 is 0. The summed E-state index contributed by atoms with van der Waals surface area (Å²) in [5.74, 6) is -0.0878. The summed E-state index contributed by atoms with van der Waals surface area (Å²) in [6.07, 6.45) is 1.25. The van der Waals surface area contributed by atoms with Crippen molar-refractivity contribution in [3.05, 3.63) is 35.9 Å². The number of ether oxygens (including phenoxy) is 1. The van der Waals surface area contributed by atoms with E-state index in [1.165, 1.54) is 31.3 Å². The SMILES string of the molecule is Cc1cc(S(=O)(=O)Nc2ncccc2OC(F)F)c(C)o1. The molecule has 0 atom stereocenters. The predicted octanol–water partition coefficient (Wildman–Crippen LogP) is 2.69. The van der Waals surface area contributed by atoms with Crippen molar-refractivity contribution in [2.24, 2.45) is 0 Å². The second-order valence-corrected chi connectivity index (χ2v) is 5.76. The van der Waals surface area contributed by atoms with Gasteiger partial charge >= 0.3 is 6.61 Å². The van der Waals surface area contributed by atoms with Crippen molar-refractivity contribution in [3.8, 4) is 5.75 Å². The number of pyridine rings is 1. The summed E-state index contributed by atoms with van der Waals surface area (Å²) in [7, 11) is -4.01. The first-order chi connectivity index (χ1) is 9.79. The average Bonchev–Trinajstić information content (AvgIpc) is 2.71. The van der Waals surface area contributed by atoms with Crippen LogP contribution in [-0.4, -0.2) is 20.0 Å². The molecule has 0 amide bonds. The number of aromatic nitrogens is 1. The molecule has 2 aromatic rings. The zero-order valence-corrected chi connectivity index (χ0v) is 11.9. The van der Waals surface area contributed by atoms with E-state index in [2.05, 4.69) is 14.4 Å². The first kappa shape index (κ1) is 15.2. The van der Waals surface area contributed by atoms with Gasteiger partial charge in [0.1, 0.15) is 16.4 Å². The third-order valence-corrected chi connectivity index (χ3v) is 3.95. The van der Waals surface area contributed by atoms with Gasteiger partial charge in [-0.1, -0.05) is 0 Å². The summed E-state index contributed by atoms with van der Waals surface area (Å²) < 4.78 is 60.5. The molecule has 9 heteroatoms. The lowest BCUT2D eigenvalue weighted by Gasteiger charge is -2.11. The maximum absolute atomic E-state index is 12.3. The minimum atomic E-state index is -4.01. The number of anilines is 1. The number of sulfonamides is 1. The van der Waals surface area contributed by atoms with E-state index in [1.54, 1.807) is 6.92 Å². The van der Waals surface area contributed by atoms with Gasteiger partial charge < -0.3 is 9.15 Å². The first-order valence-corrected chi connectivity index (χ1v) is 7.27. The highest BCUT2D eigenvalue weighted by molar-refractivity contribution is 7.92. The number of furan rings is 1. The first-order valence-electron chi connectivity index (χ1n) is 5.79. The number of hydrogen-bond donors (Lipinski definition) is 1. The Bertz CT molecular complexity index is 743. The standard InChI is InChI=1S/C12H12F2N2O4S/c1-7-6-10(8(2)19-7)21(17,18)16-11-9(20-12(13)14)4-3-5-15-11/h3-6,12H,1-2H3,(H,15,16). The topological polar surface area (TPSA) is 81.4 Å². The van der Waals surface area contributed by atoms with Gasteiger partial charge in [0.05, 0.1) is 0 Å². The van der Waals surface area contributed by atoms with Crippen LogP contribution in [0.15, 0.2) is 33.7 Å². The Balaban J connectivity index is 2.35. The predicted molar refractivity (Wildman–Crippen MR) is 69.9 cm³/mol. The maximum Gasteiger partial charge on any atom is 0.387 e. The van der Waals surface area contributed by atoms with Gasteiger partial charge in [-0.2, -0.15) is 8.78 Å². The molecule has 0 radical (unpaired) electrons. The van der Waals surface area contributed by atoms with E-state index in [1.807, 2.05) is 0 Å². The Morgan fingerprint density at radius 2 is 2.10 bits per heavy atom. The van der Waals surface area contributed by atoms with E-state index in [0.717, 1.165) is 0 Å². The van der Waals surface area contributed by atoms with Crippen LogP contribution < -0.4 is 9.46 Å². The summed E-state index contributed by atoms with van der Waals surface area (Å²) in [5, 5.41) is 0. The zero-order valence-electron chi connectivity index (χ0n) is 11.1. The van der Waals surface area contributed by atoms with E-state index in [-0.39, 0.29) is 22.2 Å². The van der Waals surface area contributed by atoms with Crippen LogP contribution in [0.2, 0.25) is 0 Å². The summed E-state index contributed by atoms with van der Waals surface area (Å²) in [5.41, 5.74) is 0. The second kappa shape index (κ2) is 5.68. The van der Waals surface area contributed by atoms with Gasteiger partial charge in [0, 0.05) is 12.3 Å². The molecule has 0 saturated heterocycles. The highest BCUT2D eigenvalue weighted by Gasteiger charge is 2.23. The summed E-state index contributed by atoms with van der Waals surface area (Å²) in [6.45, 7) is -0.00958. The van der Waals surface area contributed by atoms with Crippen LogP contribution >= 0.6 is 0 Å². The molecule has 1 N–H and O–H groups in total. The van der Waals surface area contributed by atoms with Gasteiger partial charge in [-0.25, -0.2) is 13.4 Å². The van der Waals surface area contributed by atoms with Crippen molar-refractivity contribution in [2.75, 3.05) is 4.72 Å². The van der Waals surface area contributed by atoms with E-state index in [4.69, 9.17) is 4.42 Å². The molecule has 21 heavy (non-hydrogen) atoms. The smallest absolute Gasteiger partial charge is 0.387 e.